The summed E-state index contributed by atoms with van der Waals surface area (Å²) in [5, 5.41) is 9.72. The third-order valence-corrected chi connectivity index (χ3v) is 8.72. The topological polar surface area (TPSA) is 156 Å². The summed E-state index contributed by atoms with van der Waals surface area (Å²) in [5.41, 5.74) is 0.659. The van der Waals surface area contributed by atoms with E-state index >= 15 is 0 Å². The fraction of sp³-hybridized carbons (Fsp3) is 0.367. The Morgan fingerprint density at radius 1 is 1.10 bits per heavy atom. The molecule has 19 heteroatoms. The molecule has 1 saturated heterocycles. The van der Waals surface area contributed by atoms with Gasteiger partial charge >= 0.3 is 18.0 Å². The number of benzene rings is 1. The van der Waals surface area contributed by atoms with Gasteiger partial charge in [-0.05, 0) is 36.6 Å². The molecule has 5 heterocycles. The van der Waals surface area contributed by atoms with E-state index in [4.69, 9.17) is 4.74 Å². The van der Waals surface area contributed by atoms with E-state index in [1.807, 2.05) is 0 Å². The predicted molar refractivity (Wildman–Crippen MR) is 170 cm³/mol. The fourth-order valence-corrected chi connectivity index (χ4v) is 6.15. The zero-order valence-electron chi connectivity index (χ0n) is 25.9. The Labute approximate surface area is 279 Å². The molecule has 49 heavy (non-hydrogen) atoms. The third-order valence-electron chi connectivity index (χ3n) is 8.03. The lowest BCUT2D eigenvalue weighted by molar-refractivity contribution is -0.143. The van der Waals surface area contributed by atoms with Gasteiger partial charge in [-0.3, -0.25) is 24.2 Å². The monoisotopic (exact) mass is 703 g/mol. The first-order valence-corrected chi connectivity index (χ1v) is 16.0. The molecule has 1 fully saturated rings. The Kier molecular flexibility index (Phi) is 9.46. The van der Waals surface area contributed by atoms with Gasteiger partial charge in [0.15, 0.2) is 5.82 Å². The third kappa shape index (κ3) is 7.02. The molecule has 0 radical (unpaired) electrons. The molecule has 2 aliphatic heterocycles. The quantitative estimate of drug-likeness (QED) is 0.218. The van der Waals surface area contributed by atoms with Gasteiger partial charge in [0.25, 0.3) is 5.56 Å². The Morgan fingerprint density at radius 2 is 1.88 bits per heavy atom. The number of fused-ring (bicyclic) bond motifs is 1. The summed E-state index contributed by atoms with van der Waals surface area (Å²) >= 11 is 1.17. The summed E-state index contributed by atoms with van der Waals surface area (Å²) in [6.07, 6.45) is -0.835. The zero-order chi connectivity index (χ0) is 34.9. The summed E-state index contributed by atoms with van der Waals surface area (Å²) in [6.45, 7) is 2.58. The first kappa shape index (κ1) is 33.7. The molecule has 0 saturated carbocycles. The van der Waals surface area contributed by atoms with Gasteiger partial charge in [0.05, 0.1) is 41.9 Å². The number of nitrogens with zero attached hydrogens (tertiary/aromatic N) is 7. The van der Waals surface area contributed by atoms with Crippen LogP contribution in [0.1, 0.15) is 30.4 Å². The van der Waals surface area contributed by atoms with Crippen LogP contribution < -0.4 is 21.1 Å². The molecule has 3 aromatic heterocycles. The standard InChI is InChI=1S/C30H29F4N9O5S/c1-2-21-24(40-7-9-41(10-8-40)28(47)26(45)37-23-14-35-16-49-23)27(46)43-29(38-25(39-43)17-5-11-48-12-6-17)42(21)15-22(44)36-20-4-3-18(13-19(20)31)30(32,33)34/h3-5,13-14,16H,2,6-12,15H2,1H3,(H,36,44)(H,37,45). The van der Waals surface area contributed by atoms with Crippen LogP contribution in [0.15, 0.2) is 40.8 Å². The van der Waals surface area contributed by atoms with Crippen molar-refractivity contribution < 1.29 is 36.7 Å². The highest BCUT2D eigenvalue weighted by Gasteiger charge is 2.33. The molecule has 4 aromatic rings. The van der Waals surface area contributed by atoms with Crippen molar-refractivity contribution in [2.45, 2.75) is 32.5 Å². The fourth-order valence-electron chi connectivity index (χ4n) is 5.64. The maximum atomic E-state index is 14.6. The lowest BCUT2D eigenvalue weighted by atomic mass is 10.1. The van der Waals surface area contributed by atoms with E-state index in [9.17, 15) is 36.7 Å². The maximum Gasteiger partial charge on any atom is 0.416 e. The number of thiazole rings is 1. The first-order valence-electron chi connectivity index (χ1n) is 15.1. The summed E-state index contributed by atoms with van der Waals surface area (Å²) in [6, 6.07) is 1.78. The minimum absolute atomic E-state index is 0.0320. The second-order valence-electron chi connectivity index (χ2n) is 11.1. The normalized spacial score (nSPS) is 15.3. The van der Waals surface area contributed by atoms with Crippen molar-refractivity contribution >= 4 is 56.8 Å². The molecule has 1 aromatic carbocycles. The van der Waals surface area contributed by atoms with Crippen molar-refractivity contribution in [2.75, 3.05) is 54.9 Å². The van der Waals surface area contributed by atoms with Crippen molar-refractivity contribution in [1.29, 1.82) is 0 Å². The largest absolute Gasteiger partial charge is 0.416 e. The van der Waals surface area contributed by atoms with Crippen LogP contribution >= 0.6 is 11.3 Å². The zero-order valence-corrected chi connectivity index (χ0v) is 26.7. The molecular formula is C30H29F4N9O5S. The SMILES string of the molecule is CCc1c(N2CCN(C(=O)C(=O)Nc3cncs3)CC2)c(=O)n2nc(C3=CCOCC3)nc2n1CC(=O)Nc1ccc(C(F)(F)F)cc1F. The van der Waals surface area contributed by atoms with Crippen LogP contribution in [0.3, 0.4) is 0 Å². The second-order valence-corrected chi connectivity index (χ2v) is 12.0. The number of anilines is 3. The van der Waals surface area contributed by atoms with Gasteiger partial charge in [-0.25, -0.2) is 4.39 Å². The Balaban J connectivity index is 1.31. The van der Waals surface area contributed by atoms with E-state index < -0.39 is 53.1 Å². The number of amides is 3. The smallest absolute Gasteiger partial charge is 0.377 e. The lowest BCUT2D eigenvalue weighted by Crippen LogP contribution is -2.53. The van der Waals surface area contributed by atoms with Crippen LogP contribution in [0.25, 0.3) is 11.4 Å². The highest BCUT2D eigenvalue weighted by atomic mass is 32.1. The molecule has 0 unspecified atom stereocenters. The number of rotatable bonds is 7. The summed E-state index contributed by atoms with van der Waals surface area (Å²) in [5.74, 6) is -3.33. The molecule has 0 bridgehead atoms. The lowest BCUT2D eigenvalue weighted by Gasteiger charge is -2.36. The van der Waals surface area contributed by atoms with Crippen molar-refractivity contribution in [3.05, 3.63) is 69.2 Å². The van der Waals surface area contributed by atoms with E-state index in [1.165, 1.54) is 32.5 Å². The molecule has 3 amide bonds. The number of carbonyl (C=O) groups excluding carboxylic acids is 3. The van der Waals surface area contributed by atoms with Crippen molar-refractivity contribution in [1.82, 2.24) is 29.0 Å². The van der Waals surface area contributed by atoms with E-state index in [0.717, 1.165) is 16.2 Å². The number of hydrogen-bond acceptors (Lipinski definition) is 10. The minimum atomic E-state index is -4.77. The highest BCUT2D eigenvalue weighted by molar-refractivity contribution is 7.14. The van der Waals surface area contributed by atoms with Crippen LogP contribution in [0, 0.1) is 5.82 Å². The Morgan fingerprint density at radius 3 is 2.51 bits per heavy atom. The number of piperazine rings is 1. The van der Waals surface area contributed by atoms with Gasteiger partial charge in [-0.1, -0.05) is 13.0 Å². The van der Waals surface area contributed by atoms with Crippen LogP contribution in [0.5, 0.6) is 0 Å². The Bertz CT molecular complexity index is 2000. The Hall–Kier alpha value is -5.17. The summed E-state index contributed by atoms with van der Waals surface area (Å²) in [4.78, 5) is 64.3. The number of alkyl halides is 3. The summed E-state index contributed by atoms with van der Waals surface area (Å²) < 4.78 is 61.7. The number of aromatic nitrogens is 5. The molecule has 0 spiro atoms. The van der Waals surface area contributed by atoms with Crippen molar-refractivity contribution in [2.24, 2.45) is 0 Å². The van der Waals surface area contributed by atoms with Gasteiger partial charge in [0, 0.05) is 26.2 Å². The van der Waals surface area contributed by atoms with Crippen molar-refractivity contribution in [3.8, 4) is 0 Å². The number of hydrogen-bond donors (Lipinski definition) is 2. The molecule has 6 rings (SSSR count). The number of carbonyl (C=O) groups is 3. The van der Waals surface area contributed by atoms with E-state index in [0.29, 0.717) is 42.5 Å². The van der Waals surface area contributed by atoms with Gasteiger partial charge < -0.3 is 29.7 Å². The molecule has 0 aliphatic carbocycles. The minimum Gasteiger partial charge on any atom is -0.377 e. The molecule has 2 N–H and O–H groups in total. The average Bonchev–Trinajstić information content (AvgIpc) is 3.77. The van der Waals surface area contributed by atoms with Crippen LogP contribution in [0.4, 0.5) is 33.9 Å². The van der Waals surface area contributed by atoms with Gasteiger partial charge in [-0.15, -0.1) is 16.4 Å². The number of ether oxygens (including phenoxy) is 1. The molecule has 2 aliphatic rings. The summed E-state index contributed by atoms with van der Waals surface area (Å²) in [7, 11) is 0. The molecule has 258 valence electrons. The number of halogens is 4. The van der Waals surface area contributed by atoms with E-state index in [2.05, 4.69) is 25.7 Å². The van der Waals surface area contributed by atoms with E-state index in [1.54, 1.807) is 17.9 Å². The molecule has 14 nitrogen and oxygen atoms in total. The highest BCUT2D eigenvalue weighted by Crippen LogP contribution is 2.31. The molecule has 0 atom stereocenters. The van der Waals surface area contributed by atoms with Crippen LogP contribution in [-0.2, 0) is 38.3 Å². The second kappa shape index (κ2) is 13.7. The maximum absolute atomic E-state index is 14.6. The van der Waals surface area contributed by atoms with Gasteiger partial charge in [0.2, 0.25) is 11.7 Å². The van der Waals surface area contributed by atoms with Crippen LogP contribution in [-0.4, -0.2) is 86.2 Å². The molecular weight excluding hydrogens is 674 g/mol. The number of nitrogens with one attached hydrogen (secondary N) is 2. The van der Waals surface area contributed by atoms with Crippen molar-refractivity contribution in [3.63, 3.8) is 0 Å². The van der Waals surface area contributed by atoms with Crippen LogP contribution in [0.2, 0.25) is 0 Å². The van der Waals surface area contributed by atoms with Gasteiger partial charge in [-0.2, -0.15) is 22.7 Å². The van der Waals surface area contributed by atoms with E-state index in [-0.39, 0.29) is 49.9 Å². The average molecular weight is 704 g/mol. The first-order chi connectivity index (χ1) is 23.4. The predicted octanol–water partition coefficient (Wildman–Crippen LogP) is 2.80. The van der Waals surface area contributed by atoms with Gasteiger partial charge in [0.1, 0.15) is 23.1 Å².